The Morgan fingerprint density at radius 1 is 1.27 bits per heavy atom. The normalized spacial score (nSPS) is 16.5. The number of carbonyl (C=O) groups excluding carboxylic acids is 1. The summed E-state index contributed by atoms with van der Waals surface area (Å²) in [6, 6.07) is 6.43. The van der Waals surface area contributed by atoms with Crippen LogP contribution in [0.25, 0.3) is 0 Å². The lowest BCUT2D eigenvalue weighted by Gasteiger charge is -2.38. The fourth-order valence-corrected chi connectivity index (χ4v) is 4.48. The maximum Gasteiger partial charge on any atom is 0.423 e. The molecule has 1 saturated heterocycles. The molecule has 2 aromatic rings. The van der Waals surface area contributed by atoms with Gasteiger partial charge in [0.1, 0.15) is 24.7 Å². The first-order valence-electron chi connectivity index (χ1n) is 11.8. The van der Waals surface area contributed by atoms with Gasteiger partial charge in [-0.05, 0) is 24.2 Å². The number of aromatic nitrogens is 2. The molecular weight excluding hydrogens is 511 g/mol. The average molecular weight is 544 g/mol. The summed E-state index contributed by atoms with van der Waals surface area (Å²) in [4.78, 5) is 26.1. The van der Waals surface area contributed by atoms with Crippen LogP contribution in [-0.4, -0.2) is 69.9 Å². The number of alkyl halides is 3. The van der Waals surface area contributed by atoms with Crippen molar-refractivity contribution in [3.05, 3.63) is 51.9 Å². The van der Waals surface area contributed by atoms with Gasteiger partial charge in [0.15, 0.2) is 0 Å². The Morgan fingerprint density at radius 2 is 2.03 bits per heavy atom. The van der Waals surface area contributed by atoms with Crippen molar-refractivity contribution in [2.24, 2.45) is 0 Å². The Balaban J connectivity index is 1.82. The van der Waals surface area contributed by atoms with Gasteiger partial charge in [-0.1, -0.05) is 25.7 Å². The highest BCUT2D eigenvalue weighted by Gasteiger charge is 2.41. The summed E-state index contributed by atoms with van der Waals surface area (Å²) in [5.41, 5.74) is -2.64. The van der Waals surface area contributed by atoms with Crippen molar-refractivity contribution in [3.63, 3.8) is 0 Å². The van der Waals surface area contributed by atoms with E-state index in [-0.39, 0.29) is 44.3 Å². The van der Waals surface area contributed by atoms with Gasteiger partial charge in [0.25, 0.3) is 5.56 Å². The fraction of sp³-hybridized carbons (Fsp3) is 0.542. The molecule has 0 aliphatic carbocycles. The van der Waals surface area contributed by atoms with Crippen LogP contribution in [-0.2, 0) is 27.1 Å². The van der Waals surface area contributed by atoms with Crippen LogP contribution in [0, 0.1) is 0 Å². The number of benzene rings is 1. The summed E-state index contributed by atoms with van der Waals surface area (Å²) in [5, 5.41) is 3.97. The fourth-order valence-electron chi connectivity index (χ4n) is 3.72. The van der Waals surface area contributed by atoms with E-state index in [1.54, 1.807) is 18.2 Å². The third kappa shape index (κ3) is 7.79. The van der Waals surface area contributed by atoms with E-state index in [0.717, 1.165) is 12.2 Å². The number of morpholine rings is 1. The number of carbonyl (C=O) groups is 1. The van der Waals surface area contributed by atoms with Crippen LogP contribution in [0.1, 0.15) is 15.9 Å². The van der Waals surface area contributed by atoms with Crippen molar-refractivity contribution in [2.75, 3.05) is 45.0 Å². The van der Waals surface area contributed by atoms with Crippen molar-refractivity contribution in [1.29, 1.82) is 0 Å². The minimum atomic E-state index is -4.91. The predicted molar refractivity (Wildman–Crippen MR) is 133 cm³/mol. The van der Waals surface area contributed by atoms with E-state index in [9.17, 15) is 22.8 Å². The molecule has 0 spiro atoms. The molecule has 37 heavy (non-hydrogen) atoms. The van der Waals surface area contributed by atoms with Crippen LogP contribution in [0.2, 0.25) is 25.7 Å². The standard InChI is InChI=1S/C24H32F3N3O6Si/c1-33-23(32)17-6-5-7-19(12-17)36-15-18-14-34-9-8-29(18)20-13-28-30(16-35-10-11-37(2,3)4)22(31)21(20)24(25,26)27/h5-7,12-13,18H,8-11,14-16H2,1-4H3. The monoisotopic (exact) mass is 543 g/mol. The van der Waals surface area contributed by atoms with E-state index in [2.05, 4.69) is 24.7 Å². The summed E-state index contributed by atoms with van der Waals surface area (Å²) < 4.78 is 64.4. The molecule has 1 aromatic carbocycles. The molecule has 0 N–H and O–H groups in total. The smallest absolute Gasteiger partial charge is 0.423 e. The highest BCUT2D eigenvalue weighted by molar-refractivity contribution is 6.76. The van der Waals surface area contributed by atoms with Crippen LogP contribution in [0.3, 0.4) is 0 Å². The molecular formula is C24H32F3N3O6Si. The van der Waals surface area contributed by atoms with Crippen LogP contribution in [0.5, 0.6) is 5.75 Å². The van der Waals surface area contributed by atoms with Gasteiger partial charge in [-0.15, -0.1) is 0 Å². The van der Waals surface area contributed by atoms with E-state index in [0.29, 0.717) is 17.0 Å². The van der Waals surface area contributed by atoms with Crippen LogP contribution in [0.15, 0.2) is 35.3 Å². The largest absolute Gasteiger partial charge is 0.491 e. The molecule has 1 aliphatic heterocycles. The van der Waals surface area contributed by atoms with Gasteiger partial charge in [0.05, 0.1) is 43.8 Å². The van der Waals surface area contributed by atoms with E-state index >= 15 is 0 Å². The average Bonchev–Trinajstić information content (AvgIpc) is 2.84. The number of ether oxygens (including phenoxy) is 4. The molecule has 1 aliphatic rings. The molecule has 204 valence electrons. The Hall–Kier alpha value is -2.90. The summed E-state index contributed by atoms with van der Waals surface area (Å²) in [6.07, 6.45) is -3.86. The molecule has 1 unspecified atom stereocenters. The molecule has 1 atom stereocenters. The lowest BCUT2D eigenvalue weighted by molar-refractivity contribution is -0.139. The van der Waals surface area contributed by atoms with Crippen molar-refractivity contribution in [3.8, 4) is 5.75 Å². The highest BCUT2D eigenvalue weighted by atomic mass is 28.3. The number of rotatable bonds is 10. The van der Waals surface area contributed by atoms with Gasteiger partial charge in [0.2, 0.25) is 0 Å². The molecule has 1 fully saturated rings. The Labute approximate surface area is 214 Å². The molecule has 0 bridgehead atoms. The minimum Gasteiger partial charge on any atom is -0.491 e. The van der Waals surface area contributed by atoms with Crippen LogP contribution >= 0.6 is 0 Å². The molecule has 2 heterocycles. The number of anilines is 1. The van der Waals surface area contributed by atoms with Crippen molar-refractivity contribution in [1.82, 2.24) is 9.78 Å². The van der Waals surface area contributed by atoms with Gasteiger partial charge in [-0.3, -0.25) is 4.79 Å². The van der Waals surface area contributed by atoms with E-state index in [1.807, 2.05) is 0 Å². The maximum absolute atomic E-state index is 14.1. The summed E-state index contributed by atoms with van der Waals surface area (Å²) in [7, 11) is -0.142. The molecule has 0 saturated carbocycles. The summed E-state index contributed by atoms with van der Waals surface area (Å²) in [5.74, 6) is -0.201. The van der Waals surface area contributed by atoms with Crippen LogP contribution in [0.4, 0.5) is 18.9 Å². The van der Waals surface area contributed by atoms with Gasteiger partial charge in [-0.25, -0.2) is 9.48 Å². The molecule has 0 amide bonds. The van der Waals surface area contributed by atoms with E-state index < -0.39 is 37.4 Å². The number of methoxy groups -OCH3 is 1. The molecule has 0 radical (unpaired) electrons. The molecule has 9 nitrogen and oxygen atoms in total. The number of nitrogens with zero attached hydrogens (tertiary/aromatic N) is 3. The zero-order chi connectivity index (χ0) is 27.2. The zero-order valence-electron chi connectivity index (χ0n) is 21.3. The second kappa shape index (κ2) is 12.1. The van der Waals surface area contributed by atoms with Gasteiger partial charge in [-0.2, -0.15) is 18.3 Å². The lowest BCUT2D eigenvalue weighted by atomic mass is 10.1. The van der Waals surface area contributed by atoms with E-state index in [4.69, 9.17) is 18.9 Å². The number of hydrogen-bond acceptors (Lipinski definition) is 8. The van der Waals surface area contributed by atoms with Gasteiger partial charge < -0.3 is 23.8 Å². The van der Waals surface area contributed by atoms with E-state index in [1.165, 1.54) is 18.1 Å². The van der Waals surface area contributed by atoms with Crippen molar-refractivity contribution >= 4 is 19.7 Å². The Morgan fingerprint density at radius 3 is 2.70 bits per heavy atom. The number of halogens is 3. The third-order valence-electron chi connectivity index (χ3n) is 5.75. The first-order chi connectivity index (χ1) is 17.4. The zero-order valence-corrected chi connectivity index (χ0v) is 22.3. The highest BCUT2D eigenvalue weighted by Crippen LogP contribution is 2.35. The summed E-state index contributed by atoms with van der Waals surface area (Å²) in [6.45, 7) is 6.74. The minimum absolute atomic E-state index is 0.0508. The van der Waals surface area contributed by atoms with Gasteiger partial charge >= 0.3 is 12.1 Å². The molecule has 3 rings (SSSR count). The predicted octanol–water partition coefficient (Wildman–Crippen LogP) is 3.65. The molecule has 13 heteroatoms. The first kappa shape index (κ1) is 28.7. The first-order valence-corrected chi connectivity index (χ1v) is 15.5. The molecule has 1 aromatic heterocycles. The second-order valence-corrected chi connectivity index (χ2v) is 15.4. The van der Waals surface area contributed by atoms with Crippen molar-refractivity contribution in [2.45, 2.75) is 44.6 Å². The van der Waals surface area contributed by atoms with Crippen LogP contribution < -0.4 is 15.2 Å². The maximum atomic E-state index is 14.1. The third-order valence-corrected chi connectivity index (χ3v) is 7.46. The topological polar surface area (TPSA) is 92.1 Å². The lowest BCUT2D eigenvalue weighted by Crippen LogP contribution is -2.50. The SMILES string of the molecule is COC(=O)c1cccc(OCC2COCCN2c2cnn(COCC[Si](C)(C)C)c(=O)c2C(F)(F)F)c1. The Kier molecular flexibility index (Phi) is 9.37. The number of hydrogen-bond donors (Lipinski definition) is 0. The van der Waals surface area contributed by atoms with Crippen molar-refractivity contribution < 1.29 is 36.9 Å². The number of esters is 1. The quantitative estimate of drug-likeness (QED) is 0.255. The second-order valence-electron chi connectivity index (χ2n) is 9.81. The van der Waals surface area contributed by atoms with Gasteiger partial charge in [0, 0.05) is 21.2 Å². The summed E-state index contributed by atoms with van der Waals surface area (Å²) >= 11 is 0. The Bertz CT molecular complexity index is 1140.